The minimum absolute atomic E-state index is 0.104. The summed E-state index contributed by atoms with van der Waals surface area (Å²) in [6, 6.07) is 9.07. The zero-order valence-corrected chi connectivity index (χ0v) is 13.1. The molecule has 6 heteroatoms. The van der Waals surface area contributed by atoms with Gasteiger partial charge in [-0.2, -0.15) is 0 Å². The monoisotopic (exact) mass is 319 g/mol. The third-order valence-electron chi connectivity index (χ3n) is 4.11. The van der Waals surface area contributed by atoms with Gasteiger partial charge >= 0.3 is 0 Å². The minimum Gasteiger partial charge on any atom is -0.355 e. The number of carbonyl (C=O) groups is 1. The van der Waals surface area contributed by atoms with Crippen LogP contribution in [0.3, 0.4) is 0 Å². The van der Waals surface area contributed by atoms with E-state index in [4.69, 9.17) is 21.9 Å². The van der Waals surface area contributed by atoms with Gasteiger partial charge in [0.15, 0.2) is 11.5 Å². The van der Waals surface area contributed by atoms with Crippen molar-refractivity contribution >= 4 is 17.5 Å². The summed E-state index contributed by atoms with van der Waals surface area (Å²) >= 11 is 5.87. The van der Waals surface area contributed by atoms with Crippen molar-refractivity contribution in [2.24, 2.45) is 11.7 Å². The number of halogens is 1. The Morgan fingerprint density at radius 2 is 2.18 bits per heavy atom. The largest absolute Gasteiger partial charge is 0.355 e. The molecule has 1 aromatic carbocycles. The molecule has 1 amide bonds. The molecule has 0 aliphatic carbocycles. The van der Waals surface area contributed by atoms with Crippen molar-refractivity contribution in [3.05, 3.63) is 41.0 Å². The second kappa shape index (κ2) is 6.10. The first-order chi connectivity index (χ1) is 10.6. The number of hydrogen-bond donors (Lipinski definition) is 1. The quantitative estimate of drug-likeness (QED) is 0.944. The number of nitrogens with two attached hydrogens (primary N) is 1. The zero-order chi connectivity index (χ0) is 15.7. The number of aromatic nitrogens is 1. The summed E-state index contributed by atoms with van der Waals surface area (Å²) < 4.78 is 5.29. The first-order valence-electron chi connectivity index (χ1n) is 7.32. The van der Waals surface area contributed by atoms with Crippen molar-refractivity contribution in [2.45, 2.75) is 19.4 Å². The lowest BCUT2D eigenvalue weighted by atomic mass is 10.1. The maximum Gasteiger partial charge on any atom is 0.276 e. The molecule has 0 radical (unpaired) electrons. The lowest BCUT2D eigenvalue weighted by molar-refractivity contribution is 0.0733. The van der Waals surface area contributed by atoms with Gasteiger partial charge < -0.3 is 15.2 Å². The summed E-state index contributed by atoms with van der Waals surface area (Å²) in [4.78, 5) is 14.4. The third-order valence-corrected chi connectivity index (χ3v) is 4.37. The highest BCUT2D eigenvalue weighted by Gasteiger charge is 2.33. The molecule has 1 aliphatic rings. The molecule has 116 valence electrons. The van der Waals surface area contributed by atoms with E-state index in [0.717, 1.165) is 12.0 Å². The number of rotatable bonds is 3. The summed E-state index contributed by atoms with van der Waals surface area (Å²) in [6.07, 6.45) is 0.935. The van der Waals surface area contributed by atoms with Crippen LogP contribution < -0.4 is 5.73 Å². The van der Waals surface area contributed by atoms with Crippen LogP contribution >= 0.6 is 11.6 Å². The summed E-state index contributed by atoms with van der Waals surface area (Å²) in [5, 5.41) is 4.57. The molecule has 3 rings (SSSR count). The second-order valence-corrected chi connectivity index (χ2v) is 6.16. The summed E-state index contributed by atoms with van der Waals surface area (Å²) in [7, 11) is 0. The van der Waals surface area contributed by atoms with E-state index in [1.54, 1.807) is 18.2 Å². The van der Waals surface area contributed by atoms with Crippen LogP contribution in [0.15, 0.2) is 34.9 Å². The van der Waals surface area contributed by atoms with E-state index in [1.807, 2.05) is 24.0 Å². The number of nitrogens with zero attached hydrogens (tertiary/aromatic N) is 2. The molecule has 2 unspecified atom stereocenters. The van der Waals surface area contributed by atoms with Crippen LogP contribution in [0.4, 0.5) is 0 Å². The summed E-state index contributed by atoms with van der Waals surface area (Å²) in [5.74, 6) is 0.816. The molecule has 0 saturated carbocycles. The highest BCUT2D eigenvalue weighted by atomic mass is 35.5. The average Bonchev–Trinajstić information content (AvgIpc) is 3.14. The van der Waals surface area contributed by atoms with Gasteiger partial charge in [-0.3, -0.25) is 4.79 Å². The number of hydrogen-bond acceptors (Lipinski definition) is 4. The fourth-order valence-electron chi connectivity index (χ4n) is 2.87. The molecular weight excluding hydrogens is 302 g/mol. The lowest BCUT2D eigenvalue weighted by Gasteiger charge is -2.19. The first kappa shape index (κ1) is 15.1. The minimum atomic E-state index is -0.104. The van der Waals surface area contributed by atoms with Gasteiger partial charge in [-0.1, -0.05) is 16.8 Å². The maximum absolute atomic E-state index is 12.6. The summed E-state index contributed by atoms with van der Waals surface area (Å²) in [6.45, 7) is 3.32. The van der Waals surface area contributed by atoms with E-state index in [9.17, 15) is 4.79 Å². The van der Waals surface area contributed by atoms with Crippen LogP contribution in [0.25, 0.3) is 11.3 Å². The average molecular weight is 320 g/mol. The second-order valence-electron chi connectivity index (χ2n) is 5.73. The Labute approximate surface area is 134 Å². The van der Waals surface area contributed by atoms with Crippen molar-refractivity contribution in [1.82, 2.24) is 10.1 Å². The van der Waals surface area contributed by atoms with Crippen molar-refractivity contribution in [3.63, 3.8) is 0 Å². The number of likely N-dealkylation sites (tertiary alicyclic amines) is 1. The van der Waals surface area contributed by atoms with E-state index in [1.165, 1.54) is 0 Å². The van der Waals surface area contributed by atoms with E-state index >= 15 is 0 Å². The molecule has 0 spiro atoms. The molecule has 0 bridgehead atoms. The van der Waals surface area contributed by atoms with E-state index < -0.39 is 0 Å². The zero-order valence-electron chi connectivity index (χ0n) is 12.3. The molecule has 1 fully saturated rings. The summed E-state index contributed by atoms with van der Waals surface area (Å²) in [5.41, 5.74) is 6.87. The molecule has 22 heavy (non-hydrogen) atoms. The Balaban J connectivity index is 1.79. The van der Waals surface area contributed by atoms with Gasteiger partial charge in [0.05, 0.1) is 0 Å². The van der Waals surface area contributed by atoms with E-state index in [-0.39, 0.29) is 11.9 Å². The Morgan fingerprint density at radius 1 is 1.45 bits per heavy atom. The molecule has 2 N–H and O–H groups in total. The fraction of sp³-hybridized carbons (Fsp3) is 0.375. The normalized spacial score (nSPS) is 21.3. The highest BCUT2D eigenvalue weighted by molar-refractivity contribution is 6.30. The van der Waals surface area contributed by atoms with Crippen molar-refractivity contribution in [1.29, 1.82) is 0 Å². The number of benzene rings is 1. The lowest BCUT2D eigenvalue weighted by Crippen LogP contribution is -2.34. The van der Waals surface area contributed by atoms with Gasteiger partial charge in [0.2, 0.25) is 0 Å². The molecule has 2 aromatic rings. The van der Waals surface area contributed by atoms with E-state index in [2.05, 4.69) is 5.16 Å². The molecule has 1 saturated heterocycles. The van der Waals surface area contributed by atoms with Gasteiger partial charge in [-0.25, -0.2) is 0 Å². The topological polar surface area (TPSA) is 72.4 Å². The predicted molar refractivity (Wildman–Crippen MR) is 84.6 cm³/mol. The van der Waals surface area contributed by atoms with Crippen LogP contribution in [0, 0.1) is 5.92 Å². The van der Waals surface area contributed by atoms with Gasteiger partial charge in [0, 0.05) is 29.2 Å². The van der Waals surface area contributed by atoms with Crippen LogP contribution in [0.2, 0.25) is 5.02 Å². The first-order valence-corrected chi connectivity index (χ1v) is 7.70. The van der Waals surface area contributed by atoms with E-state index in [0.29, 0.717) is 35.5 Å². The standard InChI is InChI=1S/C16H18ClN3O2/c1-10-6-11(8-18)9-20(10)16(21)14-7-15(22-19-14)12-2-4-13(17)5-3-12/h2-5,7,10-11H,6,8-9,18H2,1H3. The predicted octanol–water partition coefficient (Wildman–Crippen LogP) is 2.80. The van der Waals surface area contributed by atoms with Gasteiger partial charge in [-0.05, 0) is 50.1 Å². The molecule has 2 heterocycles. The van der Waals surface area contributed by atoms with Gasteiger partial charge in [0.1, 0.15) is 0 Å². The SMILES string of the molecule is CC1CC(CN)CN1C(=O)c1cc(-c2ccc(Cl)cc2)on1. The van der Waals surface area contributed by atoms with Crippen molar-refractivity contribution in [3.8, 4) is 11.3 Å². The van der Waals surface area contributed by atoms with Crippen molar-refractivity contribution in [2.75, 3.05) is 13.1 Å². The molecule has 1 aliphatic heterocycles. The molecule has 5 nitrogen and oxygen atoms in total. The molecule has 1 aromatic heterocycles. The Hall–Kier alpha value is -1.85. The number of carbonyl (C=O) groups excluding carboxylic acids is 1. The maximum atomic E-state index is 12.6. The number of amides is 1. The molecule has 2 atom stereocenters. The highest BCUT2D eigenvalue weighted by Crippen LogP contribution is 2.26. The Kier molecular flexibility index (Phi) is 4.18. The van der Waals surface area contributed by atoms with Crippen LogP contribution in [-0.4, -0.2) is 35.1 Å². The third kappa shape index (κ3) is 2.87. The Morgan fingerprint density at radius 3 is 2.82 bits per heavy atom. The van der Waals surface area contributed by atoms with Gasteiger partial charge in [-0.15, -0.1) is 0 Å². The smallest absolute Gasteiger partial charge is 0.276 e. The Bertz CT molecular complexity index is 668. The molecular formula is C16H18ClN3O2. The fourth-order valence-corrected chi connectivity index (χ4v) is 3.00. The van der Waals surface area contributed by atoms with Crippen LogP contribution in [-0.2, 0) is 0 Å². The van der Waals surface area contributed by atoms with Crippen molar-refractivity contribution < 1.29 is 9.32 Å². The van der Waals surface area contributed by atoms with Crippen LogP contribution in [0.5, 0.6) is 0 Å². The van der Waals surface area contributed by atoms with Gasteiger partial charge in [0.25, 0.3) is 5.91 Å². The van der Waals surface area contributed by atoms with Crippen LogP contribution in [0.1, 0.15) is 23.8 Å².